The molecule has 33 heavy (non-hydrogen) atoms. The third-order valence-corrected chi connectivity index (χ3v) is 7.64. The van der Waals surface area contributed by atoms with E-state index in [0.29, 0.717) is 25.2 Å². The number of nitrogens with zero attached hydrogens (tertiary/aromatic N) is 4. The third-order valence-electron chi connectivity index (χ3n) is 5.28. The van der Waals surface area contributed by atoms with Gasteiger partial charge in [-0.1, -0.05) is 65.1 Å². The first-order chi connectivity index (χ1) is 16.0. The van der Waals surface area contributed by atoms with Crippen LogP contribution in [0.1, 0.15) is 16.7 Å². The molecule has 0 aliphatic heterocycles. The van der Waals surface area contributed by atoms with Crippen molar-refractivity contribution in [1.29, 1.82) is 0 Å². The van der Waals surface area contributed by atoms with Crippen LogP contribution in [0.2, 0.25) is 0 Å². The van der Waals surface area contributed by atoms with E-state index in [1.807, 2.05) is 59.3 Å². The summed E-state index contributed by atoms with van der Waals surface area (Å²) in [5.41, 5.74) is 5.54. The zero-order valence-corrected chi connectivity index (χ0v) is 20.5. The molecule has 8 heteroatoms. The van der Waals surface area contributed by atoms with E-state index in [0.717, 1.165) is 22.5 Å². The number of benzene rings is 2. The van der Waals surface area contributed by atoms with Gasteiger partial charge in [-0.2, -0.15) is 0 Å². The van der Waals surface area contributed by atoms with Crippen molar-refractivity contribution < 1.29 is 0 Å². The van der Waals surface area contributed by atoms with Crippen molar-refractivity contribution in [3.8, 4) is 11.4 Å². The third kappa shape index (κ3) is 4.17. The predicted molar refractivity (Wildman–Crippen MR) is 139 cm³/mol. The summed E-state index contributed by atoms with van der Waals surface area (Å²) in [7, 11) is 0. The van der Waals surface area contributed by atoms with Crippen LogP contribution in [0, 0.1) is 17.8 Å². The molecule has 5 aromatic rings. The molecule has 0 unspecified atom stereocenters. The highest BCUT2D eigenvalue weighted by atomic mass is 32.2. The summed E-state index contributed by atoms with van der Waals surface area (Å²) in [6.07, 6.45) is 3.58. The summed E-state index contributed by atoms with van der Waals surface area (Å²) in [6, 6.07) is 19.8. The number of hydrogen-bond acceptors (Lipinski definition) is 6. The Morgan fingerprint density at radius 2 is 1.85 bits per heavy atom. The second-order valence-corrected chi connectivity index (χ2v) is 10.3. The maximum absolute atomic E-state index is 13.7. The van der Waals surface area contributed by atoms with Gasteiger partial charge in [-0.3, -0.25) is 18.9 Å². The molecule has 0 spiro atoms. The van der Waals surface area contributed by atoms with Gasteiger partial charge in [-0.25, -0.2) is 4.98 Å². The number of thiazole rings is 1. The molecule has 0 amide bonds. The molecule has 0 atom stereocenters. The fraction of sp³-hybridized carbons (Fsp3) is 0.120. The summed E-state index contributed by atoms with van der Waals surface area (Å²) in [5.74, 6) is 0.646. The SMILES string of the molecule is Cc1ccc(-n2c(=S)sc3c(=O)n(-c4ccccc4)c(SCc4cccnc4)nc32)c(C)c1. The normalized spacial score (nSPS) is 11.2. The molecule has 0 saturated carbocycles. The van der Waals surface area contributed by atoms with Gasteiger partial charge in [-0.05, 0) is 61.5 Å². The van der Waals surface area contributed by atoms with Gasteiger partial charge in [0.25, 0.3) is 5.56 Å². The molecule has 5 nitrogen and oxygen atoms in total. The topological polar surface area (TPSA) is 52.7 Å². The molecule has 3 aromatic heterocycles. The first kappa shape index (κ1) is 21.8. The number of hydrogen-bond donors (Lipinski definition) is 0. The van der Waals surface area contributed by atoms with Crippen LogP contribution in [0.25, 0.3) is 21.7 Å². The molecular weight excluding hydrogens is 469 g/mol. The van der Waals surface area contributed by atoms with Crippen molar-refractivity contribution in [1.82, 2.24) is 19.1 Å². The number of fused-ring (bicyclic) bond motifs is 1. The lowest BCUT2D eigenvalue weighted by Gasteiger charge is -2.14. The van der Waals surface area contributed by atoms with Crippen LogP contribution in [0.3, 0.4) is 0 Å². The summed E-state index contributed by atoms with van der Waals surface area (Å²) in [5, 5.41) is 0.619. The van der Waals surface area contributed by atoms with Gasteiger partial charge in [0.05, 0.1) is 11.4 Å². The molecule has 0 radical (unpaired) electrons. The molecule has 5 rings (SSSR count). The minimum absolute atomic E-state index is 0.112. The molecule has 2 aromatic carbocycles. The van der Waals surface area contributed by atoms with Crippen molar-refractivity contribution in [2.24, 2.45) is 0 Å². The first-order valence-corrected chi connectivity index (χ1v) is 12.6. The van der Waals surface area contributed by atoms with Crippen LogP contribution in [0.15, 0.2) is 83.0 Å². The fourth-order valence-electron chi connectivity index (χ4n) is 3.74. The van der Waals surface area contributed by atoms with Gasteiger partial charge in [0.15, 0.2) is 14.8 Å². The van der Waals surface area contributed by atoms with Crippen LogP contribution in [0.4, 0.5) is 0 Å². The molecular formula is C25H20N4OS3. The molecule has 0 fully saturated rings. The fourth-order valence-corrected chi connectivity index (χ4v) is 5.96. The van der Waals surface area contributed by atoms with Crippen LogP contribution in [0.5, 0.6) is 0 Å². The molecule has 0 N–H and O–H groups in total. The number of aromatic nitrogens is 4. The maximum atomic E-state index is 13.7. The minimum Gasteiger partial charge on any atom is -0.275 e. The predicted octanol–water partition coefficient (Wildman–Crippen LogP) is 6.27. The lowest BCUT2D eigenvalue weighted by molar-refractivity contribution is 0.811. The van der Waals surface area contributed by atoms with Crippen LogP contribution < -0.4 is 5.56 Å². The van der Waals surface area contributed by atoms with Gasteiger partial charge in [-0.15, -0.1) is 0 Å². The maximum Gasteiger partial charge on any atom is 0.278 e. The van der Waals surface area contributed by atoms with Crippen LogP contribution in [-0.2, 0) is 5.75 Å². The van der Waals surface area contributed by atoms with Crippen molar-refractivity contribution in [2.75, 3.05) is 0 Å². The zero-order chi connectivity index (χ0) is 22.9. The van der Waals surface area contributed by atoms with E-state index >= 15 is 0 Å². The van der Waals surface area contributed by atoms with Crippen molar-refractivity contribution in [2.45, 2.75) is 24.8 Å². The Bertz CT molecular complexity index is 1570. The molecule has 0 saturated heterocycles. The van der Waals surface area contributed by atoms with Crippen molar-refractivity contribution in [3.05, 3.63) is 104 Å². The zero-order valence-electron chi connectivity index (χ0n) is 18.1. The van der Waals surface area contributed by atoms with E-state index in [4.69, 9.17) is 17.2 Å². The highest BCUT2D eigenvalue weighted by Crippen LogP contribution is 2.30. The molecule has 164 valence electrons. The Balaban J connectivity index is 1.75. The van der Waals surface area contributed by atoms with Gasteiger partial charge < -0.3 is 0 Å². The average Bonchev–Trinajstić information content (AvgIpc) is 3.15. The van der Waals surface area contributed by atoms with E-state index in [2.05, 4.69) is 31.0 Å². The number of rotatable bonds is 5. The number of thioether (sulfide) groups is 1. The highest BCUT2D eigenvalue weighted by molar-refractivity contribution is 7.98. The Hall–Kier alpha value is -3.07. The largest absolute Gasteiger partial charge is 0.278 e. The van der Waals surface area contributed by atoms with Gasteiger partial charge >= 0.3 is 0 Å². The Morgan fingerprint density at radius 3 is 2.58 bits per heavy atom. The summed E-state index contributed by atoms with van der Waals surface area (Å²) >= 11 is 8.53. The second kappa shape index (κ2) is 9.05. The van der Waals surface area contributed by atoms with Crippen molar-refractivity contribution in [3.63, 3.8) is 0 Å². The van der Waals surface area contributed by atoms with E-state index in [1.54, 1.807) is 10.8 Å². The second-order valence-electron chi connectivity index (χ2n) is 7.67. The molecule has 0 aliphatic carbocycles. The quantitative estimate of drug-likeness (QED) is 0.166. The standard InChI is InChI=1S/C25H20N4OS3/c1-16-10-11-20(17(2)13-16)29-22-21(33-25(29)31)23(30)28(19-8-4-3-5-9-19)24(27-22)32-15-18-7-6-12-26-14-18/h3-14H,15H2,1-2H3. The average molecular weight is 489 g/mol. The Morgan fingerprint density at radius 1 is 1.03 bits per heavy atom. The smallest absolute Gasteiger partial charge is 0.275 e. The van der Waals surface area contributed by atoms with E-state index in [9.17, 15) is 4.79 Å². The Labute approximate surface area is 204 Å². The van der Waals surface area contributed by atoms with Crippen LogP contribution >= 0.6 is 35.3 Å². The van der Waals surface area contributed by atoms with Gasteiger partial charge in [0, 0.05) is 18.1 Å². The summed E-state index contributed by atoms with van der Waals surface area (Å²) in [6.45, 7) is 4.11. The molecule has 3 heterocycles. The lowest BCUT2D eigenvalue weighted by atomic mass is 10.1. The number of para-hydroxylation sites is 1. The van der Waals surface area contributed by atoms with Gasteiger partial charge in [0.2, 0.25) is 0 Å². The van der Waals surface area contributed by atoms with Crippen LogP contribution in [-0.4, -0.2) is 19.1 Å². The monoisotopic (exact) mass is 488 g/mol. The molecule has 0 bridgehead atoms. The Kier molecular flexibility index (Phi) is 5.97. The summed E-state index contributed by atoms with van der Waals surface area (Å²) in [4.78, 5) is 22.9. The van der Waals surface area contributed by atoms with E-state index < -0.39 is 0 Å². The van der Waals surface area contributed by atoms with Gasteiger partial charge in [0.1, 0.15) is 4.70 Å². The first-order valence-electron chi connectivity index (χ1n) is 10.4. The van der Waals surface area contributed by atoms with Crippen molar-refractivity contribution >= 4 is 45.7 Å². The summed E-state index contributed by atoms with van der Waals surface area (Å²) < 4.78 is 4.76. The minimum atomic E-state index is -0.112. The van der Waals surface area contributed by atoms with E-state index in [-0.39, 0.29) is 5.56 Å². The lowest BCUT2D eigenvalue weighted by Crippen LogP contribution is -2.21. The highest BCUT2D eigenvalue weighted by Gasteiger charge is 2.19. The number of aryl methyl sites for hydroxylation is 2. The number of pyridine rings is 1. The molecule has 0 aliphatic rings. The van der Waals surface area contributed by atoms with E-state index in [1.165, 1.54) is 28.7 Å².